The van der Waals surface area contributed by atoms with E-state index in [0.717, 1.165) is 19.4 Å². The third-order valence-electron chi connectivity index (χ3n) is 4.44. The Morgan fingerprint density at radius 1 is 1.33 bits per heavy atom. The van der Waals surface area contributed by atoms with Crippen LogP contribution in [0.25, 0.3) is 0 Å². The van der Waals surface area contributed by atoms with Crippen LogP contribution in [0.5, 0.6) is 0 Å². The first kappa shape index (κ1) is 16.9. The number of amides is 2. The highest BCUT2D eigenvalue weighted by molar-refractivity contribution is 5.91. The van der Waals surface area contributed by atoms with Gasteiger partial charge in [-0.25, -0.2) is 0 Å². The number of likely N-dealkylation sites (tertiary alicyclic amines) is 1. The van der Waals surface area contributed by atoms with Crippen LogP contribution >= 0.6 is 0 Å². The molecule has 132 valence electrons. The molecule has 0 bridgehead atoms. The number of hydrogen-bond acceptors (Lipinski definition) is 6. The maximum Gasteiger partial charge on any atom is 0.239 e. The van der Waals surface area contributed by atoms with Gasteiger partial charge in [-0.05, 0) is 26.3 Å². The summed E-state index contributed by atoms with van der Waals surface area (Å²) in [7, 11) is 0. The smallest absolute Gasteiger partial charge is 0.239 e. The molecule has 1 N–H and O–H groups in total. The summed E-state index contributed by atoms with van der Waals surface area (Å²) in [6.45, 7) is 6.06. The van der Waals surface area contributed by atoms with Gasteiger partial charge in [-0.15, -0.1) is 0 Å². The normalized spacial score (nSPS) is 22.4. The zero-order chi connectivity index (χ0) is 16.9. The van der Waals surface area contributed by atoms with Crippen LogP contribution in [0.2, 0.25) is 0 Å². The summed E-state index contributed by atoms with van der Waals surface area (Å²) in [5.41, 5.74) is 0. The van der Waals surface area contributed by atoms with Crippen LogP contribution in [0, 0.1) is 12.8 Å². The van der Waals surface area contributed by atoms with Crippen molar-refractivity contribution in [3.63, 3.8) is 0 Å². The van der Waals surface area contributed by atoms with Crippen LogP contribution in [0.3, 0.4) is 0 Å². The molecule has 2 aliphatic heterocycles. The van der Waals surface area contributed by atoms with Crippen LogP contribution in [-0.4, -0.2) is 72.7 Å². The van der Waals surface area contributed by atoms with Gasteiger partial charge in [0.2, 0.25) is 11.8 Å². The van der Waals surface area contributed by atoms with Gasteiger partial charge in [-0.2, -0.15) is 0 Å². The molecule has 0 radical (unpaired) electrons. The van der Waals surface area contributed by atoms with Crippen LogP contribution in [0.1, 0.15) is 18.6 Å². The maximum absolute atomic E-state index is 12.6. The predicted molar refractivity (Wildman–Crippen MR) is 86.4 cm³/mol. The number of nitrogens with zero attached hydrogens (tertiary/aromatic N) is 3. The molecule has 1 aromatic rings. The Balaban J connectivity index is 1.49. The standard InChI is InChI=1S/C16H24N4O4/c1-12-9-14(18-24-12)17-15(21)11-19-4-2-3-13(10-19)16(22)20-5-7-23-8-6-20/h9,13H,2-8,10-11H2,1H3,(H,17,18,21). The number of carbonyl (C=O) groups excluding carboxylic acids is 2. The molecule has 1 atom stereocenters. The lowest BCUT2D eigenvalue weighted by Gasteiger charge is -2.35. The van der Waals surface area contributed by atoms with Gasteiger partial charge < -0.3 is 19.5 Å². The van der Waals surface area contributed by atoms with E-state index < -0.39 is 0 Å². The number of hydrogen-bond donors (Lipinski definition) is 1. The molecular weight excluding hydrogens is 312 g/mol. The van der Waals surface area contributed by atoms with Crippen molar-refractivity contribution in [1.82, 2.24) is 15.0 Å². The fourth-order valence-corrected chi connectivity index (χ4v) is 3.25. The highest BCUT2D eigenvalue weighted by Crippen LogP contribution is 2.19. The molecule has 2 fully saturated rings. The van der Waals surface area contributed by atoms with E-state index in [4.69, 9.17) is 9.26 Å². The number of ether oxygens (including phenoxy) is 1. The van der Waals surface area contributed by atoms with Gasteiger partial charge in [0.25, 0.3) is 0 Å². The molecule has 24 heavy (non-hydrogen) atoms. The monoisotopic (exact) mass is 336 g/mol. The minimum atomic E-state index is -0.136. The lowest BCUT2D eigenvalue weighted by Crippen LogP contribution is -2.49. The third kappa shape index (κ3) is 4.33. The Bertz CT molecular complexity index is 582. The summed E-state index contributed by atoms with van der Waals surface area (Å²) in [5, 5.41) is 6.48. The van der Waals surface area contributed by atoms with Gasteiger partial charge in [0.1, 0.15) is 5.76 Å². The van der Waals surface area contributed by atoms with Gasteiger partial charge in [-0.1, -0.05) is 5.16 Å². The Hall–Kier alpha value is -1.93. The van der Waals surface area contributed by atoms with E-state index >= 15 is 0 Å². The maximum atomic E-state index is 12.6. The minimum Gasteiger partial charge on any atom is -0.378 e. The zero-order valence-electron chi connectivity index (χ0n) is 14.0. The highest BCUT2D eigenvalue weighted by Gasteiger charge is 2.30. The van der Waals surface area contributed by atoms with Crippen molar-refractivity contribution in [3.8, 4) is 0 Å². The van der Waals surface area contributed by atoms with Crippen LogP contribution in [0.15, 0.2) is 10.6 Å². The fraction of sp³-hybridized carbons (Fsp3) is 0.688. The molecule has 8 nitrogen and oxygen atoms in total. The molecule has 1 aromatic heterocycles. The number of morpholine rings is 1. The molecule has 2 aliphatic rings. The first-order valence-electron chi connectivity index (χ1n) is 8.44. The molecule has 8 heteroatoms. The lowest BCUT2D eigenvalue weighted by atomic mass is 9.96. The largest absolute Gasteiger partial charge is 0.378 e. The lowest BCUT2D eigenvalue weighted by molar-refractivity contribution is -0.141. The molecule has 3 heterocycles. The second kappa shape index (κ2) is 7.76. The zero-order valence-corrected chi connectivity index (χ0v) is 14.0. The first-order chi connectivity index (χ1) is 11.6. The van der Waals surface area contributed by atoms with Crippen molar-refractivity contribution in [2.24, 2.45) is 5.92 Å². The van der Waals surface area contributed by atoms with Crippen LogP contribution in [-0.2, 0) is 14.3 Å². The number of rotatable bonds is 4. The molecule has 0 aliphatic carbocycles. The van der Waals surface area contributed by atoms with E-state index in [9.17, 15) is 9.59 Å². The second-order valence-corrected chi connectivity index (χ2v) is 6.38. The molecule has 3 rings (SSSR count). The van der Waals surface area contributed by atoms with Gasteiger partial charge in [0.15, 0.2) is 5.82 Å². The van der Waals surface area contributed by atoms with Gasteiger partial charge in [0.05, 0.1) is 25.7 Å². The number of anilines is 1. The highest BCUT2D eigenvalue weighted by atomic mass is 16.5. The molecule has 2 saturated heterocycles. The number of carbonyl (C=O) groups is 2. The number of nitrogens with one attached hydrogen (secondary N) is 1. The Morgan fingerprint density at radius 3 is 2.83 bits per heavy atom. The molecule has 0 saturated carbocycles. The van der Waals surface area contributed by atoms with E-state index in [0.29, 0.717) is 44.4 Å². The van der Waals surface area contributed by atoms with E-state index in [1.165, 1.54) is 0 Å². The van der Waals surface area contributed by atoms with Crippen molar-refractivity contribution in [2.45, 2.75) is 19.8 Å². The quantitative estimate of drug-likeness (QED) is 0.861. The number of piperidine rings is 1. The molecule has 2 amide bonds. The summed E-state index contributed by atoms with van der Waals surface area (Å²) < 4.78 is 10.2. The van der Waals surface area contributed by atoms with Crippen LogP contribution in [0.4, 0.5) is 5.82 Å². The van der Waals surface area contributed by atoms with E-state index in [-0.39, 0.29) is 24.3 Å². The van der Waals surface area contributed by atoms with Crippen molar-refractivity contribution in [3.05, 3.63) is 11.8 Å². The predicted octanol–water partition coefficient (Wildman–Crippen LogP) is 0.492. The molecule has 0 aromatic carbocycles. The number of aryl methyl sites for hydroxylation is 1. The van der Waals surface area contributed by atoms with Gasteiger partial charge >= 0.3 is 0 Å². The topological polar surface area (TPSA) is 87.9 Å². The van der Waals surface area contributed by atoms with E-state index in [1.807, 2.05) is 9.80 Å². The molecule has 1 unspecified atom stereocenters. The minimum absolute atomic E-state index is 0.0288. The van der Waals surface area contributed by atoms with Crippen LogP contribution < -0.4 is 5.32 Å². The van der Waals surface area contributed by atoms with E-state index in [2.05, 4.69) is 10.5 Å². The molecular formula is C16H24N4O4. The summed E-state index contributed by atoms with van der Waals surface area (Å²) in [6, 6.07) is 1.68. The summed E-state index contributed by atoms with van der Waals surface area (Å²) in [4.78, 5) is 28.6. The summed E-state index contributed by atoms with van der Waals surface area (Å²) >= 11 is 0. The Kier molecular flexibility index (Phi) is 5.47. The molecule has 0 spiro atoms. The van der Waals surface area contributed by atoms with E-state index in [1.54, 1.807) is 13.0 Å². The second-order valence-electron chi connectivity index (χ2n) is 6.38. The van der Waals surface area contributed by atoms with Crippen molar-refractivity contribution < 1.29 is 18.8 Å². The Morgan fingerprint density at radius 2 is 2.12 bits per heavy atom. The first-order valence-corrected chi connectivity index (χ1v) is 8.44. The van der Waals surface area contributed by atoms with Gasteiger partial charge in [0, 0.05) is 25.7 Å². The van der Waals surface area contributed by atoms with Gasteiger partial charge in [-0.3, -0.25) is 14.5 Å². The average molecular weight is 336 g/mol. The fourth-order valence-electron chi connectivity index (χ4n) is 3.25. The average Bonchev–Trinajstić information content (AvgIpc) is 3.00. The van der Waals surface area contributed by atoms with Crippen molar-refractivity contribution in [2.75, 3.05) is 51.3 Å². The Labute approximate surface area is 141 Å². The van der Waals surface area contributed by atoms with Crippen molar-refractivity contribution in [1.29, 1.82) is 0 Å². The SMILES string of the molecule is Cc1cc(NC(=O)CN2CCCC(C(=O)N3CCOCC3)C2)no1. The summed E-state index contributed by atoms with van der Waals surface area (Å²) in [6.07, 6.45) is 1.81. The third-order valence-corrected chi connectivity index (χ3v) is 4.44. The summed E-state index contributed by atoms with van der Waals surface area (Å²) in [5.74, 6) is 1.10. The number of aromatic nitrogens is 1. The van der Waals surface area contributed by atoms with Crippen molar-refractivity contribution >= 4 is 17.6 Å².